The summed E-state index contributed by atoms with van der Waals surface area (Å²) >= 11 is 1.47. The van der Waals surface area contributed by atoms with Crippen molar-refractivity contribution >= 4 is 42.5 Å². The third kappa shape index (κ3) is 9.76. The van der Waals surface area contributed by atoms with E-state index in [-0.39, 0.29) is 5.92 Å². The van der Waals surface area contributed by atoms with Crippen LogP contribution in [0.25, 0.3) is 11.2 Å². The molecule has 1 aliphatic rings. The molecule has 1 saturated carbocycles. The van der Waals surface area contributed by atoms with E-state index in [1.165, 1.54) is 18.1 Å². The van der Waals surface area contributed by atoms with E-state index in [1.807, 2.05) is 28.8 Å². The standard InChI is InChI=1S/C32H45N4O9PS/c1-9-10-22-15-32(22,16-36-18-35-25-26(36)33-17-34-27(25)47-24-13-11-23(40-8)12-14-24)43-21-46(39,44-19-41-28(37)30(2,3)4)45-20-42-29(38)31(5,6)7/h11-14,17-18,22H,9-10,15-16,19-21H2,1-8H3. The molecule has 0 aliphatic heterocycles. The molecule has 15 heteroatoms. The van der Waals surface area contributed by atoms with Crippen LogP contribution in [0.2, 0.25) is 0 Å². The Balaban J connectivity index is 1.50. The van der Waals surface area contributed by atoms with E-state index in [2.05, 4.69) is 21.9 Å². The van der Waals surface area contributed by atoms with Crippen molar-refractivity contribution in [2.75, 3.05) is 27.0 Å². The minimum atomic E-state index is -4.07. The molecule has 47 heavy (non-hydrogen) atoms. The van der Waals surface area contributed by atoms with Crippen molar-refractivity contribution < 1.29 is 42.1 Å². The van der Waals surface area contributed by atoms with Gasteiger partial charge in [0.2, 0.25) is 13.6 Å². The number of ether oxygens (including phenoxy) is 4. The Labute approximate surface area is 279 Å². The second kappa shape index (κ2) is 15.0. The fraction of sp³-hybridized carbons (Fsp3) is 0.594. The molecule has 0 spiro atoms. The van der Waals surface area contributed by atoms with Crippen LogP contribution in [0.5, 0.6) is 5.75 Å². The van der Waals surface area contributed by atoms with Gasteiger partial charge in [0.15, 0.2) is 5.65 Å². The van der Waals surface area contributed by atoms with E-state index in [9.17, 15) is 14.2 Å². The van der Waals surface area contributed by atoms with E-state index in [1.54, 1.807) is 55.0 Å². The largest absolute Gasteiger partial charge is 0.497 e. The number of hydrogen-bond acceptors (Lipinski definition) is 13. The maximum atomic E-state index is 13.9. The van der Waals surface area contributed by atoms with Crippen LogP contribution in [0.15, 0.2) is 46.8 Å². The Morgan fingerprint density at radius 2 is 1.60 bits per heavy atom. The van der Waals surface area contributed by atoms with E-state index < -0.39 is 55.9 Å². The Hall–Kier alpha value is -3.03. The summed E-state index contributed by atoms with van der Waals surface area (Å²) in [4.78, 5) is 39.2. The lowest BCUT2D eigenvalue weighted by atomic mass is 9.98. The van der Waals surface area contributed by atoms with Crippen LogP contribution in [0, 0.1) is 16.7 Å². The molecular formula is C32H45N4O9PS. The molecule has 1 aliphatic carbocycles. The summed E-state index contributed by atoms with van der Waals surface area (Å²) in [6.45, 7) is 11.4. The third-order valence-corrected chi connectivity index (χ3v) is 9.95. The van der Waals surface area contributed by atoms with Gasteiger partial charge in [-0.15, -0.1) is 0 Å². The van der Waals surface area contributed by atoms with Crippen LogP contribution >= 0.6 is 19.4 Å². The number of carbonyl (C=O) groups excluding carboxylic acids is 2. The molecule has 13 nitrogen and oxygen atoms in total. The highest BCUT2D eigenvalue weighted by Crippen LogP contribution is 2.56. The summed E-state index contributed by atoms with van der Waals surface area (Å²) in [5, 5.41) is 0.704. The predicted octanol–water partition coefficient (Wildman–Crippen LogP) is 6.84. The highest BCUT2D eigenvalue weighted by atomic mass is 32.2. The number of aromatic nitrogens is 4. The quantitative estimate of drug-likeness (QED) is 0.0668. The van der Waals surface area contributed by atoms with E-state index >= 15 is 0 Å². The molecule has 2 unspecified atom stereocenters. The highest BCUT2D eigenvalue weighted by molar-refractivity contribution is 7.99. The van der Waals surface area contributed by atoms with Gasteiger partial charge in [0.25, 0.3) is 0 Å². The van der Waals surface area contributed by atoms with Crippen molar-refractivity contribution in [2.45, 2.75) is 89.8 Å². The number of imidazole rings is 1. The van der Waals surface area contributed by atoms with Gasteiger partial charge in [-0.05, 0) is 84.6 Å². The van der Waals surface area contributed by atoms with Gasteiger partial charge in [0, 0.05) is 4.90 Å². The Bertz CT molecular complexity index is 1550. The summed E-state index contributed by atoms with van der Waals surface area (Å²) in [5.41, 5.74) is -0.995. The second-order valence-corrected chi connectivity index (χ2v) is 16.6. The third-order valence-electron chi connectivity index (χ3n) is 7.51. The molecule has 2 heterocycles. The molecule has 0 N–H and O–H groups in total. The maximum absolute atomic E-state index is 13.9. The molecule has 2 atom stereocenters. The molecule has 0 saturated heterocycles. The van der Waals surface area contributed by atoms with Crippen LogP contribution in [-0.4, -0.2) is 64.1 Å². The average Bonchev–Trinajstić information content (AvgIpc) is 3.52. The minimum absolute atomic E-state index is 0.172. The molecule has 1 aromatic carbocycles. The summed E-state index contributed by atoms with van der Waals surface area (Å²) in [6.07, 6.45) is 5.28. The number of esters is 2. The van der Waals surface area contributed by atoms with Crippen molar-refractivity contribution in [3.05, 3.63) is 36.9 Å². The Kier molecular flexibility index (Phi) is 11.8. The number of nitrogens with zero attached hydrogens (tertiary/aromatic N) is 4. The van der Waals surface area contributed by atoms with E-state index in [4.69, 9.17) is 28.0 Å². The first-order valence-corrected chi connectivity index (χ1v) is 18.0. The van der Waals surface area contributed by atoms with Gasteiger partial charge in [0.1, 0.15) is 29.0 Å². The lowest BCUT2D eigenvalue weighted by Crippen LogP contribution is -2.27. The lowest BCUT2D eigenvalue weighted by molar-refractivity contribution is -0.162. The molecule has 3 aromatic rings. The van der Waals surface area contributed by atoms with Crippen molar-refractivity contribution in [3.8, 4) is 5.75 Å². The Morgan fingerprint density at radius 3 is 2.15 bits per heavy atom. The van der Waals surface area contributed by atoms with Crippen LogP contribution < -0.4 is 4.74 Å². The van der Waals surface area contributed by atoms with Gasteiger partial charge in [0.05, 0.1) is 36.4 Å². The summed E-state index contributed by atoms with van der Waals surface area (Å²) in [7, 11) is -2.45. The SMILES string of the molecule is CCCC1CC1(Cn1cnc2c(Sc3ccc(OC)cc3)ncnc21)OCP(=O)(OCOC(=O)C(C)(C)C)OCOC(=O)C(C)(C)C. The van der Waals surface area contributed by atoms with Crippen molar-refractivity contribution in [3.63, 3.8) is 0 Å². The van der Waals surface area contributed by atoms with Crippen LogP contribution in [0.1, 0.15) is 67.7 Å². The summed E-state index contributed by atoms with van der Waals surface area (Å²) < 4.78 is 48.8. The number of fused-ring (bicyclic) bond motifs is 1. The van der Waals surface area contributed by atoms with Gasteiger partial charge in [-0.1, -0.05) is 25.1 Å². The molecule has 0 bridgehead atoms. The second-order valence-electron chi connectivity index (χ2n) is 13.5. The number of carbonyl (C=O) groups is 2. The van der Waals surface area contributed by atoms with Crippen molar-refractivity contribution in [1.82, 2.24) is 19.5 Å². The fourth-order valence-corrected chi connectivity index (χ4v) is 6.56. The predicted molar refractivity (Wildman–Crippen MR) is 175 cm³/mol. The summed E-state index contributed by atoms with van der Waals surface area (Å²) in [6, 6.07) is 7.67. The number of methoxy groups -OCH3 is 1. The van der Waals surface area contributed by atoms with Gasteiger partial charge in [-0.25, -0.2) is 15.0 Å². The topological polar surface area (TPSA) is 150 Å². The number of hydrogen-bond donors (Lipinski definition) is 0. The first-order valence-electron chi connectivity index (χ1n) is 15.4. The Morgan fingerprint density at radius 1 is 0.979 bits per heavy atom. The van der Waals surface area contributed by atoms with Gasteiger partial charge < -0.3 is 23.5 Å². The fourth-order valence-electron chi connectivity index (χ4n) is 4.65. The van der Waals surface area contributed by atoms with Crippen LogP contribution in [0.4, 0.5) is 0 Å². The van der Waals surface area contributed by atoms with Crippen molar-refractivity contribution in [2.24, 2.45) is 16.7 Å². The van der Waals surface area contributed by atoms with E-state index in [0.717, 1.165) is 23.5 Å². The van der Waals surface area contributed by atoms with Gasteiger partial charge in [-0.2, -0.15) is 0 Å². The lowest BCUT2D eigenvalue weighted by Gasteiger charge is -2.25. The van der Waals surface area contributed by atoms with Crippen LogP contribution in [0.3, 0.4) is 0 Å². The maximum Gasteiger partial charge on any atom is 0.361 e. The summed E-state index contributed by atoms with van der Waals surface area (Å²) in [5.74, 6) is -0.139. The van der Waals surface area contributed by atoms with E-state index in [0.29, 0.717) is 29.2 Å². The zero-order valence-electron chi connectivity index (χ0n) is 28.3. The van der Waals surface area contributed by atoms with Gasteiger partial charge >= 0.3 is 19.5 Å². The molecule has 4 rings (SSSR count). The molecular weight excluding hydrogens is 647 g/mol. The zero-order valence-corrected chi connectivity index (χ0v) is 30.0. The number of benzene rings is 1. The average molecular weight is 693 g/mol. The van der Waals surface area contributed by atoms with Crippen LogP contribution in [-0.2, 0) is 44.0 Å². The smallest absolute Gasteiger partial charge is 0.361 e. The molecule has 0 amide bonds. The molecule has 0 radical (unpaired) electrons. The zero-order chi connectivity index (χ0) is 34.5. The minimum Gasteiger partial charge on any atom is -0.497 e. The molecule has 2 aromatic heterocycles. The normalized spacial score (nSPS) is 18.3. The highest BCUT2D eigenvalue weighted by Gasteiger charge is 2.56. The molecule has 1 fully saturated rings. The number of rotatable bonds is 16. The monoisotopic (exact) mass is 692 g/mol. The first kappa shape index (κ1) is 36.8. The van der Waals surface area contributed by atoms with Crippen molar-refractivity contribution in [1.29, 1.82) is 0 Å². The molecule has 258 valence electrons. The van der Waals surface area contributed by atoms with Gasteiger partial charge in [-0.3, -0.25) is 23.2 Å². The first-order chi connectivity index (χ1) is 22.1.